The number of hydrogen-bond acceptors (Lipinski definition) is 2. The maximum atomic E-state index is 6.01. The van der Waals surface area contributed by atoms with Crippen molar-refractivity contribution in [1.82, 2.24) is 0 Å². The van der Waals surface area contributed by atoms with Gasteiger partial charge in [-0.1, -0.05) is 28.9 Å². The molecule has 0 aliphatic rings. The van der Waals surface area contributed by atoms with Crippen LogP contribution in [0.5, 0.6) is 0 Å². The summed E-state index contributed by atoms with van der Waals surface area (Å²) in [6.07, 6.45) is 1.15. The first kappa shape index (κ1) is 13.5. The molecule has 0 aliphatic heterocycles. The van der Waals surface area contributed by atoms with Crippen LogP contribution in [0.25, 0.3) is 0 Å². The van der Waals surface area contributed by atoms with Crippen molar-refractivity contribution in [3.8, 4) is 0 Å². The first-order valence-corrected chi connectivity index (χ1v) is 6.69. The summed E-state index contributed by atoms with van der Waals surface area (Å²) in [5, 5.41) is 0. The number of anilines is 1. The van der Waals surface area contributed by atoms with Crippen LogP contribution in [0, 0.1) is 0 Å². The van der Waals surface area contributed by atoms with Crippen LogP contribution in [-0.2, 0) is 0 Å². The highest BCUT2D eigenvalue weighted by Gasteiger charge is 2.12. The van der Waals surface area contributed by atoms with Crippen molar-refractivity contribution in [2.75, 3.05) is 18.0 Å². The van der Waals surface area contributed by atoms with Gasteiger partial charge in [0.15, 0.2) is 0 Å². The highest BCUT2D eigenvalue weighted by molar-refractivity contribution is 9.10. The molecule has 90 valence electrons. The van der Waals surface area contributed by atoms with Gasteiger partial charge in [0.05, 0.1) is 0 Å². The molecule has 0 fully saturated rings. The van der Waals surface area contributed by atoms with Crippen LogP contribution in [0.1, 0.15) is 38.8 Å². The van der Waals surface area contributed by atoms with Crippen LogP contribution < -0.4 is 10.6 Å². The number of halogens is 1. The van der Waals surface area contributed by atoms with E-state index in [4.69, 9.17) is 5.73 Å². The second-order valence-electron chi connectivity index (χ2n) is 4.07. The Balaban J connectivity index is 3.11. The zero-order chi connectivity index (χ0) is 12.1. The Morgan fingerprint density at radius 1 is 1.38 bits per heavy atom. The second-order valence-corrected chi connectivity index (χ2v) is 4.99. The topological polar surface area (TPSA) is 29.3 Å². The minimum Gasteiger partial charge on any atom is -0.372 e. The van der Waals surface area contributed by atoms with Gasteiger partial charge in [0.25, 0.3) is 0 Å². The molecule has 1 unspecified atom stereocenters. The van der Waals surface area contributed by atoms with Gasteiger partial charge in [-0.15, -0.1) is 0 Å². The molecule has 0 amide bonds. The SMILES string of the molecule is CCCN(CC)c1cc(Br)ccc1C(C)N. The van der Waals surface area contributed by atoms with E-state index in [9.17, 15) is 0 Å². The van der Waals surface area contributed by atoms with E-state index in [1.54, 1.807) is 0 Å². The molecular weight excluding hydrogens is 264 g/mol. The van der Waals surface area contributed by atoms with Crippen molar-refractivity contribution in [2.24, 2.45) is 5.73 Å². The van der Waals surface area contributed by atoms with Gasteiger partial charge in [0.2, 0.25) is 0 Å². The van der Waals surface area contributed by atoms with Crippen LogP contribution in [0.2, 0.25) is 0 Å². The number of hydrogen-bond donors (Lipinski definition) is 1. The Kier molecular flexibility index (Phi) is 5.29. The minimum absolute atomic E-state index is 0.0778. The summed E-state index contributed by atoms with van der Waals surface area (Å²) in [7, 11) is 0. The molecule has 0 aromatic heterocycles. The smallest absolute Gasteiger partial charge is 0.0425 e. The third-order valence-electron chi connectivity index (χ3n) is 2.70. The van der Waals surface area contributed by atoms with E-state index in [2.05, 4.69) is 52.9 Å². The Bertz CT molecular complexity index is 337. The van der Waals surface area contributed by atoms with Crippen molar-refractivity contribution in [3.63, 3.8) is 0 Å². The van der Waals surface area contributed by atoms with Crippen molar-refractivity contribution >= 4 is 21.6 Å². The fourth-order valence-electron chi connectivity index (χ4n) is 1.89. The summed E-state index contributed by atoms with van der Waals surface area (Å²) in [6, 6.07) is 6.41. The monoisotopic (exact) mass is 284 g/mol. The maximum absolute atomic E-state index is 6.01. The lowest BCUT2D eigenvalue weighted by Gasteiger charge is -2.26. The van der Waals surface area contributed by atoms with Gasteiger partial charge in [0, 0.05) is 29.3 Å². The van der Waals surface area contributed by atoms with E-state index < -0.39 is 0 Å². The molecule has 1 aromatic carbocycles. The Morgan fingerprint density at radius 2 is 2.06 bits per heavy atom. The Morgan fingerprint density at radius 3 is 2.56 bits per heavy atom. The minimum atomic E-state index is 0.0778. The summed E-state index contributed by atoms with van der Waals surface area (Å²) in [5.41, 5.74) is 8.49. The van der Waals surface area contributed by atoms with Crippen LogP contribution in [0.15, 0.2) is 22.7 Å². The fourth-order valence-corrected chi connectivity index (χ4v) is 2.24. The van der Waals surface area contributed by atoms with Gasteiger partial charge in [-0.3, -0.25) is 0 Å². The average molecular weight is 285 g/mol. The third-order valence-corrected chi connectivity index (χ3v) is 3.19. The number of rotatable bonds is 5. The highest BCUT2D eigenvalue weighted by atomic mass is 79.9. The van der Waals surface area contributed by atoms with E-state index in [0.29, 0.717) is 0 Å². The molecule has 2 nitrogen and oxygen atoms in total. The standard InChI is InChI=1S/C13H21BrN2/c1-4-8-16(5-2)13-9-11(14)6-7-12(13)10(3)15/h6-7,9-10H,4-5,8,15H2,1-3H3. The lowest BCUT2D eigenvalue weighted by atomic mass is 10.1. The lowest BCUT2D eigenvalue weighted by molar-refractivity contribution is 0.760. The van der Waals surface area contributed by atoms with E-state index in [1.807, 2.05) is 6.92 Å². The largest absolute Gasteiger partial charge is 0.372 e. The highest BCUT2D eigenvalue weighted by Crippen LogP contribution is 2.28. The summed E-state index contributed by atoms with van der Waals surface area (Å²) >= 11 is 3.53. The van der Waals surface area contributed by atoms with Gasteiger partial charge in [-0.05, 0) is 38.0 Å². The fraction of sp³-hybridized carbons (Fsp3) is 0.538. The summed E-state index contributed by atoms with van der Waals surface area (Å²) < 4.78 is 1.11. The molecule has 1 atom stereocenters. The van der Waals surface area contributed by atoms with Crippen LogP contribution in [-0.4, -0.2) is 13.1 Å². The van der Waals surface area contributed by atoms with Gasteiger partial charge in [-0.2, -0.15) is 0 Å². The van der Waals surface area contributed by atoms with E-state index in [1.165, 1.54) is 11.3 Å². The maximum Gasteiger partial charge on any atom is 0.0425 e. The molecule has 0 radical (unpaired) electrons. The Hall–Kier alpha value is -0.540. The lowest BCUT2D eigenvalue weighted by Crippen LogP contribution is -2.25. The predicted molar refractivity (Wildman–Crippen MR) is 74.9 cm³/mol. The first-order valence-electron chi connectivity index (χ1n) is 5.90. The quantitative estimate of drug-likeness (QED) is 0.893. The summed E-state index contributed by atoms with van der Waals surface area (Å²) in [5.74, 6) is 0. The van der Waals surface area contributed by atoms with Crippen molar-refractivity contribution in [1.29, 1.82) is 0 Å². The molecule has 0 aliphatic carbocycles. The van der Waals surface area contributed by atoms with E-state index in [0.717, 1.165) is 24.0 Å². The Labute approximate surface area is 107 Å². The second kappa shape index (κ2) is 6.26. The van der Waals surface area contributed by atoms with Gasteiger partial charge < -0.3 is 10.6 Å². The summed E-state index contributed by atoms with van der Waals surface area (Å²) in [4.78, 5) is 2.38. The average Bonchev–Trinajstić information content (AvgIpc) is 2.25. The van der Waals surface area contributed by atoms with Gasteiger partial charge in [-0.25, -0.2) is 0 Å². The molecule has 1 rings (SSSR count). The molecule has 3 heteroatoms. The molecule has 0 heterocycles. The molecule has 0 saturated carbocycles. The molecule has 0 spiro atoms. The molecular formula is C13H21BrN2. The van der Waals surface area contributed by atoms with Crippen LogP contribution in [0.4, 0.5) is 5.69 Å². The molecule has 0 bridgehead atoms. The first-order chi connectivity index (χ1) is 7.60. The molecule has 0 saturated heterocycles. The van der Waals surface area contributed by atoms with Gasteiger partial charge in [0.1, 0.15) is 0 Å². The zero-order valence-electron chi connectivity index (χ0n) is 10.3. The molecule has 2 N–H and O–H groups in total. The number of benzene rings is 1. The normalized spacial score (nSPS) is 12.6. The summed E-state index contributed by atoms with van der Waals surface area (Å²) in [6.45, 7) is 8.51. The van der Waals surface area contributed by atoms with E-state index >= 15 is 0 Å². The molecule has 1 aromatic rings. The van der Waals surface area contributed by atoms with Crippen LogP contribution >= 0.6 is 15.9 Å². The van der Waals surface area contributed by atoms with Crippen molar-refractivity contribution in [3.05, 3.63) is 28.2 Å². The molecule has 16 heavy (non-hydrogen) atoms. The zero-order valence-corrected chi connectivity index (χ0v) is 11.9. The third kappa shape index (κ3) is 3.22. The van der Waals surface area contributed by atoms with Crippen LogP contribution in [0.3, 0.4) is 0 Å². The number of nitrogens with zero attached hydrogens (tertiary/aromatic N) is 1. The van der Waals surface area contributed by atoms with Gasteiger partial charge >= 0.3 is 0 Å². The van der Waals surface area contributed by atoms with E-state index in [-0.39, 0.29) is 6.04 Å². The van der Waals surface area contributed by atoms with Crippen molar-refractivity contribution in [2.45, 2.75) is 33.2 Å². The predicted octanol–water partition coefficient (Wildman–Crippen LogP) is 3.71. The number of nitrogens with two attached hydrogens (primary N) is 1. The van der Waals surface area contributed by atoms with Crippen molar-refractivity contribution < 1.29 is 0 Å².